The van der Waals surface area contributed by atoms with Gasteiger partial charge in [-0.25, -0.2) is 9.78 Å². The van der Waals surface area contributed by atoms with Crippen molar-refractivity contribution in [3.05, 3.63) is 48.4 Å². The molecular formula is C31H38N2O8. The number of hydrogen-bond acceptors (Lipinski definition) is 9. The number of carbonyl (C=O) groups excluding carboxylic acids is 2. The predicted octanol–water partition coefficient (Wildman–Crippen LogP) is 5.04. The number of hydrogen-bond donors (Lipinski definition) is 1. The highest BCUT2D eigenvalue weighted by molar-refractivity contribution is 5.99. The normalized spacial score (nSPS) is 16.3. The van der Waals surface area contributed by atoms with Gasteiger partial charge in [-0.15, -0.1) is 0 Å². The number of aromatic nitrogens is 1. The molecule has 0 unspecified atom stereocenters. The summed E-state index contributed by atoms with van der Waals surface area (Å²) in [6, 6.07) is 10.8. The third kappa shape index (κ3) is 7.64. The number of likely N-dealkylation sites (tertiary alicyclic amines) is 1. The summed E-state index contributed by atoms with van der Waals surface area (Å²) in [6.45, 7) is 8.72. The Labute approximate surface area is 239 Å². The first-order chi connectivity index (χ1) is 19.6. The van der Waals surface area contributed by atoms with Crippen LogP contribution < -0.4 is 14.2 Å². The van der Waals surface area contributed by atoms with E-state index in [2.05, 4.69) is 18.8 Å². The van der Waals surface area contributed by atoms with Crippen molar-refractivity contribution in [3.63, 3.8) is 0 Å². The second-order valence-electron chi connectivity index (χ2n) is 11.0. The molecule has 1 N–H and O–H groups in total. The van der Waals surface area contributed by atoms with Crippen LogP contribution in [-0.2, 0) is 9.59 Å². The smallest absolute Gasteiger partial charge is 0.341 e. The lowest BCUT2D eigenvalue weighted by Crippen LogP contribution is -2.50. The zero-order chi connectivity index (χ0) is 29.5. The SMILES string of the molecule is CC(C)CCOc1cccc2oc(C(=O)[C@H](C(C)C)N3CCC[C@H]3C(=O)COc3ccc(OCC(=O)O)cc3)nc12. The lowest BCUT2D eigenvalue weighted by molar-refractivity contribution is -0.139. The molecule has 0 amide bonds. The van der Waals surface area contributed by atoms with Crippen LogP contribution in [0.25, 0.3) is 11.1 Å². The molecule has 0 saturated carbocycles. The number of rotatable bonds is 15. The quantitative estimate of drug-likeness (QED) is 0.250. The Balaban J connectivity index is 1.44. The Morgan fingerprint density at radius 1 is 1.00 bits per heavy atom. The number of Topliss-reactive ketones (excluding diaryl/α,β-unsaturated/α-hetero) is 2. The largest absolute Gasteiger partial charge is 0.491 e. The van der Waals surface area contributed by atoms with E-state index in [0.717, 1.165) is 12.8 Å². The summed E-state index contributed by atoms with van der Waals surface area (Å²) in [5, 5.41) is 8.73. The molecule has 41 heavy (non-hydrogen) atoms. The monoisotopic (exact) mass is 566 g/mol. The second-order valence-corrected chi connectivity index (χ2v) is 11.0. The lowest BCUT2D eigenvalue weighted by atomic mass is 9.96. The molecule has 1 aliphatic heterocycles. The van der Waals surface area contributed by atoms with E-state index in [9.17, 15) is 14.4 Å². The lowest BCUT2D eigenvalue weighted by Gasteiger charge is -2.33. The Kier molecular flexibility index (Phi) is 9.99. The van der Waals surface area contributed by atoms with Crippen molar-refractivity contribution in [3.8, 4) is 17.2 Å². The molecule has 0 radical (unpaired) electrons. The Bertz CT molecular complexity index is 1350. The average molecular weight is 567 g/mol. The van der Waals surface area contributed by atoms with Crippen LogP contribution >= 0.6 is 0 Å². The molecule has 1 aromatic heterocycles. The fourth-order valence-electron chi connectivity index (χ4n) is 5.01. The molecule has 1 saturated heterocycles. The summed E-state index contributed by atoms with van der Waals surface area (Å²) >= 11 is 0. The number of aliphatic carboxylic acids is 1. The van der Waals surface area contributed by atoms with E-state index in [-0.39, 0.29) is 30.0 Å². The van der Waals surface area contributed by atoms with Gasteiger partial charge < -0.3 is 23.7 Å². The van der Waals surface area contributed by atoms with Gasteiger partial charge in [0, 0.05) is 0 Å². The zero-order valence-corrected chi connectivity index (χ0v) is 24.0. The molecule has 1 fully saturated rings. The highest BCUT2D eigenvalue weighted by Crippen LogP contribution is 2.31. The molecule has 1 aliphatic rings. The van der Waals surface area contributed by atoms with E-state index < -0.39 is 24.7 Å². The molecule has 2 aromatic carbocycles. The summed E-state index contributed by atoms with van der Waals surface area (Å²) < 4.78 is 22.7. The minimum atomic E-state index is -1.07. The van der Waals surface area contributed by atoms with Crippen LogP contribution in [-0.4, -0.2) is 71.0 Å². The third-order valence-corrected chi connectivity index (χ3v) is 7.04. The van der Waals surface area contributed by atoms with Crippen molar-refractivity contribution in [2.45, 2.75) is 59.0 Å². The van der Waals surface area contributed by atoms with Crippen molar-refractivity contribution >= 4 is 28.6 Å². The second kappa shape index (κ2) is 13.6. The number of benzene rings is 2. The van der Waals surface area contributed by atoms with Crippen molar-refractivity contribution in [2.75, 3.05) is 26.4 Å². The van der Waals surface area contributed by atoms with Gasteiger partial charge in [-0.3, -0.25) is 14.5 Å². The summed E-state index contributed by atoms with van der Waals surface area (Å²) in [6.07, 6.45) is 2.31. The maximum Gasteiger partial charge on any atom is 0.341 e. The molecule has 10 heteroatoms. The fraction of sp³-hybridized carbons (Fsp3) is 0.484. The summed E-state index contributed by atoms with van der Waals surface area (Å²) in [5.74, 6) is 0.405. The van der Waals surface area contributed by atoms with Crippen LogP contribution in [0, 0.1) is 11.8 Å². The van der Waals surface area contributed by atoms with Gasteiger partial charge in [0.1, 0.15) is 23.9 Å². The fourth-order valence-corrected chi connectivity index (χ4v) is 5.01. The van der Waals surface area contributed by atoms with Gasteiger partial charge in [0.25, 0.3) is 5.89 Å². The third-order valence-electron chi connectivity index (χ3n) is 7.04. The molecule has 10 nitrogen and oxygen atoms in total. The average Bonchev–Trinajstić information content (AvgIpc) is 3.59. The highest BCUT2D eigenvalue weighted by atomic mass is 16.5. The topological polar surface area (TPSA) is 128 Å². The molecule has 2 heterocycles. The number of fused-ring (bicyclic) bond motifs is 1. The van der Waals surface area contributed by atoms with Gasteiger partial charge in [-0.1, -0.05) is 33.8 Å². The first-order valence-corrected chi connectivity index (χ1v) is 14.1. The number of ketones is 2. The van der Waals surface area contributed by atoms with E-state index in [1.807, 2.05) is 30.9 Å². The number of carboxylic acid groups (broad SMARTS) is 1. The van der Waals surface area contributed by atoms with Crippen LogP contribution in [0.3, 0.4) is 0 Å². The van der Waals surface area contributed by atoms with Crippen molar-refractivity contribution < 1.29 is 38.1 Å². The minimum Gasteiger partial charge on any atom is -0.491 e. The molecule has 220 valence electrons. The molecule has 0 spiro atoms. The summed E-state index contributed by atoms with van der Waals surface area (Å²) in [4.78, 5) is 44.2. The van der Waals surface area contributed by atoms with E-state index in [1.54, 1.807) is 30.3 Å². The van der Waals surface area contributed by atoms with Gasteiger partial charge in [0.15, 0.2) is 23.5 Å². The minimum absolute atomic E-state index is 0.0122. The number of para-hydroxylation sites is 1. The van der Waals surface area contributed by atoms with Crippen LogP contribution in [0.2, 0.25) is 0 Å². The number of carboxylic acids is 1. The van der Waals surface area contributed by atoms with E-state index in [1.165, 1.54) is 0 Å². The number of oxazole rings is 1. The number of carbonyl (C=O) groups is 3. The first kappa shape index (κ1) is 30.0. The summed E-state index contributed by atoms with van der Waals surface area (Å²) in [7, 11) is 0. The standard InChI is InChI=1S/C31H38N2O8/c1-19(2)14-16-38-25-8-5-9-26-28(25)32-31(41-26)30(37)29(20(3)4)33-15-6-7-23(33)24(34)17-39-21-10-12-22(13-11-21)40-18-27(35)36/h5,8-13,19-20,23,29H,6-7,14-18H2,1-4H3,(H,35,36)/t23-,29-/m0/s1. The molecule has 4 rings (SSSR count). The van der Waals surface area contributed by atoms with Crippen LogP contribution in [0.5, 0.6) is 17.2 Å². The van der Waals surface area contributed by atoms with Crippen molar-refractivity contribution in [1.82, 2.24) is 9.88 Å². The van der Waals surface area contributed by atoms with Gasteiger partial charge in [-0.05, 0) is 74.0 Å². The van der Waals surface area contributed by atoms with Gasteiger partial charge >= 0.3 is 5.97 Å². The van der Waals surface area contributed by atoms with E-state index in [0.29, 0.717) is 53.8 Å². The van der Waals surface area contributed by atoms with E-state index in [4.69, 9.17) is 23.7 Å². The Morgan fingerprint density at radius 2 is 1.68 bits per heavy atom. The van der Waals surface area contributed by atoms with Gasteiger partial charge in [0.05, 0.1) is 18.7 Å². The molecule has 0 bridgehead atoms. The maximum atomic E-state index is 13.8. The number of ether oxygens (including phenoxy) is 3. The van der Waals surface area contributed by atoms with Crippen molar-refractivity contribution in [2.24, 2.45) is 11.8 Å². The van der Waals surface area contributed by atoms with Crippen molar-refractivity contribution in [1.29, 1.82) is 0 Å². The van der Waals surface area contributed by atoms with Crippen LogP contribution in [0.15, 0.2) is 46.9 Å². The highest BCUT2D eigenvalue weighted by Gasteiger charge is 2.41. The molecule has 2 atom stereocenters. The van der Waals surface area contributed by atoms with Crippen LogP contribution in [0.1, 0.15) is 57.6 Å². The van der Waals surface area contributed by atoms with E-state index >= 15 is 0 Å². The molecule has 3 aromatic rings. The number of nitrogens with zero attached hydrogens (tertiary/aromatic N) is 2. The van der Waals surface area contributed by atoms with Crippen LogP contribution in [0.4, 0.5) is 0 Å². The molecular weight excluding hydrogens is 528 g/mol. The Morgan fingerprint density at radius 3 is 2.32 bits per heavy atom. The predicted molar refractivity (Wildman–Crippen MR) is 152 cm³/mol. The van der Waals surface area contributed by atoms with Gasteiger partial charge in [-0.2, -0.15) is 0 Å². The first-order valence-electron chi connectivity index (χ1n) is 14.1. The molecule has 0 aliphatic carbocycles. The zero-order valence-electron chi connectivity index (χ0n) is 24.0. The van der Waals surface area contributed by atoms with Gasteiger partial charge in [0.2, 0.25) is 5.78 Å². The maximum absolute atomic E-state index is 13.8. The summed E-state index contributed by atoms with van der Waals surface area (Å²) in [5.41, 5.74) is 1.00. The Hall–Kier alpha value is -3.92.